The normalized spacial score (nSPS) is 30.3. The predicted octanol–water partition coefficient (Wildman–Crippen LogP) is 0.977. The molecule has 0 spiro atoms. The standard InChI is InChI=1S/C13H17NO2/c15-13-11-4-2-1-3-10(11)9-12(13)14-5-7-16-8-6-14/h1-4,12-13,15H,5-9H2/t12-,13-/m0/s1. The molecular formula is C13H17NO2. The monoisotopic (exact) mass is 219 g/mol. The van der Waals surface area contributed by atoms with E-state index in [0.29, 0.717) is 0 Å². The van der Waals surface area contributed by atoms with Gasteiger partial charge >= 0.3 is 0 Å². The first-order valence-corrected chi connectivity index (χ1v) is 5.94. The molecule has 1 N–H and O–H groups in total. The first-order chi connectivity index (χ1) is 7.86. The van der Waals surface area contributed by atoms with Crippen molar-refractivity contribution in [2.75, 3.05) is 26.3 Å². The Balaban J connectivity index is 1.80. The van der Waals surface area contributed by atoms with Gasteiger partial charge in [0.05, 0.1) is 19.3 Å². The second-order valence-corrected chi connectivity index (χ2v) is 4.56. The first-order valence-electron chi connectivity index (χ1n) is 5.94. The smallest absolute Gasteiger partial charge is 0.0951 e. The Morgan fingerprint density at radius 2 is 1.94 bits per heavy atom. The zero-order valence-electron chi connectivity index (χ0n) is 9.30. The Morgan fingerprint density at radius 3 is 2.69 bits per heavy atom. The molecule has 0 radical (unpaired) electrons. The first kappa shape index (κ1) is 10.3. The molecule has 1 aliphatic carbocycles. The summed E-state index contributed by atoms with van der Waals surface area (Å²) in [6, 6.07) is 8.47. The van der Waals surface area contributed by atoms with E-state index < -0.39 is 0 Å². The van der Waals surface area contributed by atoms with E-state index in [9.17, 15) is 5.11 Å². The number of ether oxygens (including phenoxy) is 1. The molecule has 1 aromatic rings. The molecule has 2 atom stereocenters. The van der Waals surface area contributed by atoms with Crippen molar-refractivity contribution >= 4 is 0 Å². The van der Waals surface area contributed by atoms with Gasteiger partial charge in [-0.1, -0.05) is 24.3 Å². The van der Waals surface area contributed by atoms with Crippen LogP contribution >= 0.6 is 0 Å². The maximum absolute atomic E-state index is 10.3. The molecule has 2 aliphatic rings. The summed E-state index contributed by atoms with van der Waals surface area (Å²) < 4.78 is 5.35. The molecule has 0 aromatic heterocycles. The predicted molar refractivity (Wildman–Crippen MR) is 61.3 cm³/mol. The van der Waals surface area contributed by atoms with Crippen LogP contribution in [0, 0.1) is 0 Å². The maximum atomic E-state index is 10.3. The van der Waals surface area contributed by atoms with E-state index in [1.807, 2.05) is 18.2 Å². The number of hydrogen-bond donors (Lipinski definition) is 1. The van der Waals surface area contributed by atoms with E-state index >= 15 is 0 Å². The molecule has 0 bridgehead atoms. The summed E-state index contributed by atoms with van der Waals surface area (Å²) in [6.45, 7) is 3.46. The molecule has 3 heteroatoms. The van der Waals surface area contributed by atoms with Gasteiger partial charge in [0, 0.05) is 19.1 Å². The van der Waals surface area contributed by atoms with Crippen LogP contribution in [0.4, 0.5) is 0 Å². The highest BCUT2D eigenvalue weighted by atomic mass is 16.5. The number of aliphatic hydroxyl groups excluding tert-OH is 1. The van der Waals surface area contributed by atoms with Crippen LogP contribution in [0.15, 0.2) is 24.3 Å². The van der Waals surface area contributed by atoms with Crippen LogP contribution in [0.3, 0.4) is 0 Å². The van der Waals surface area contributed by atoms with Crippen LogP contribution in [0.1, 0.15) is 17.2 Å². The van der Waals surface area contributed by atoms with Gasteiger partial charge in [-0.05, 0) is 17.5 Å². The molecule has 1 aromatic carbocycles. The Morgan fingerprint density at radius 1 is 1.19 bits per heavy atom. The van der Waals surface area contributed by atoms with E-state index in [4.69, 9.17) is 4.74 Å². The summed E-state index contributed by atoms with van der Waals surface area (Å²) in [5.41, 5.74) is 2.41. The van der Waals surface area contributed by atoms with Gasteiger partial charge in [0.1, 0.15) is 0 Å². The number of nitrogens with zero attached hydrogens (tertiary/aromatic N) is 1. The van der Waals surface area contributed by atoms with Gasteiger partial charge in [-0.15, -0.1) is 0 Å². The zero-order valence-corrected chi connectivity index (χ0v) is 9.30. The number of fused-ring (bicyclic) bond motifs is 1. The molecule has 3 rings (SSSR count). The van der Waals surface area contributed by atoms with Crippen LogP contribution in [-0.2, 0) is 11.2 Å². The van der Waals surface area contributed by atoms with E-state index in [-0.39, 0.29) is 12.1 Å². The number of hydrogen-bond acceptors (Lipinski definition) is 3. The summed E-state index contributed by atoms with van der Waals surface area (Å²) in [5, 5.41) is 10.3. The van der Waals surface area contributed by atoms with Crippen molar-refractivity contribution in [2.45, 2.75) is 18.6 Å². The molecule has 1 aliphatic heterocycles. The third kappa shape index (κ3) is 1.65. The largest absolute Gasteiger partial charge is 0.387 e. The second-order valence-electron chi connectivity index (χ2n) is 4.56. The second kappa shape index (κ2) is 4.17. The summed E-state index contributed by atoms with van der Waals surface area (Å²) in [5.74, 6) is 0. The number of benzene rings is 1. The highest BCUT2D eigenvalue weighted by Crippen LogP contribution is 2.34. The minimum atomic E-state index is -0.325. The Labute approximate surface area is 95.6 Å². The van der Waals surface area contributed by atoms with Crippen molar-refractivity contribution in [2.24, 2.45) is 0 Å². The topological polar surface area (TPSA) is 32.7 Å². The van der Waals surface area contributed by atoms with Crippen LogP contribution in [0.2, 0.25) is 0 Å². The highest BCUT2D eigenvalue weighted by Gasteiger charge is 2.35. The fourth-order valence-electron chi connectivity index (χ4n) is 2.79. The Kier molecular flexibility index (Phi) is 2.67. The maximum Gasteiger partial charge on any atom is 0.0951 e. The van der Waals surface area contributed by atoms with E-state index in [0.717, 1.165) is 38.3 Å². The third-order valence-electron chi connectivity index (χ3n) is 3.68. The molecule has 86 valence electrons. The van der Waals surface area contributed by atoms with Crippen molar-refractivity contribution in [3.05, 3.63) is 35.4 Å². The summed E-state index contributed by atoms with van der Waals surface area (Å²) in [4.78, 5) is 2.36. The van der Waals surface area contributed by atoms with Gasteiger partial charge in [0.25, 0.3) is 0 Å². The molecular weight excluding hydrogens is 202 g/mol. The quantitative estimate of drug-likeness (QED) is 0.764. The molecule has 1 fully saturated rings. The van der Waals surface area contributed by atoms with Gasteiger partial charge in [0.2, 0.25) is 0 Å². The lowest BCUT2D eigenvalue weighted by molar-refractivity contribution is -0.0163. The molecule has 0 unspecified atom stereocenters. The van der Waals surface area contributed by atoms with Gasteiger partial charge < -0.3 is 9.84 Å². The van der Waals surface area contributed by atoms with Crippen LogP contribution in [0.25, 0.3) is 0 Å². The van der Waals surface area contributed by atoms with Crippen molar-refractivity contribution in [3.63, 3.8) is 0 Å². The van der Waals surface area contributed by atoms with E-state index in [2.05, 4.69) is 11.0 Å². The minimum absolute atomic E-state index is 0.251. The number of aliphatic hydroxyl groups is 1. The minimum Gasteiger partial charge on any atom is -0.387 e. The number of rotatable bonds is 1. The highest BCUT2D eigenvalue weighted by molar-refractivity contribution is 5.35. The third-order valence-corrected chi connectivity index (χ3v) is 3.68. The van der Waals surface area contributed by atoms with Gasteiger partial charge in [0.15, 0.2) is 0 Å². The summed E-state index contributed by atoms with van der Waals surface area (Å²) in [7, 11) is 0. The zero-order chi connectivity index (χ0) is 11.0. The molecule has 1 saturated heterocycles. The fourth-order valence-corrected chi connectivity index (χ4v) is 2.79. The molecule has 3 nitrogen and oxygen atoms in total. The molecule has 0 saturated carbocycles. The van der Waals surface area contributed by atoms with Crippen molar-refractivity contribution in [3.8, 4) is 0 Å². The SMILES string of the molecule is O[C@H]1c2ccccc2C[C@@H]1N1CCOCC1. The van der Waals surface area contributed by atoms with Crippen molar-refractivity contribution in [1.82, 2.24) is 4.90 Å². The van der Waals surface area contributed by atoms with Crippen LogP contribution < -0.4 is 0 Å². The Hall–Kier alpha value is -0.900. The summed E-state index contributed by atoms with van der Waals surface area (Å²) >= 11 is 0. The summed E-state index contributed by atoms with van der Waals surface area (Å²) in [6.07, 6.45) is 0.645. The number of morpholine rings is 1. The van der Waals surface area contributed by atoms with E-state index in [1.54, 1.807) is 0 Å². The lowest BCUT2D eigenvalue weighted by atomic mass is 10.1. The lowest BCUT2D eigenvalue weighted by Gasteiger charge is -2.33. The van der Waals surface area contributed by atoms with Crippen molar-refractivity contribution < 1.29 is 9.84 Å². The fraction of sp³-hybridized carbons (Fsp3) is 0.538. The van der Waals surface area contributed by atoms with Crippen LogP contribution in [0.5, 0.6) is 0 Å². The average Bonchev–Trinajstić information content (AvgIpc) is 2.69. The van der Waals surface area contributed by atoms with Gasteiger partial charge in [-0.25, -0.2) is 0 Å². The van der Waals surface area contributed by atoms with Crippen molar-refractivity contribution in [1.29, 1.82) is 0 Å². The molecule has 16 heavy (non-hydrogen) atoms. The van der Waals surface area contributed by atoms with Crippen LogP contribution in [-0.4, -0.2) is 42.4 Å². The lowest BCUT2D eigenvalue weighted by Crippen LogP contribution is -2.45. The average molecular weight is 219 g/mol. The van der Waals surface area contributed by atoms with E-state index in [1.165, 1.54) is 5.56 Å². The Bertz CT molecular complexity index is 374. The van der Waals surface area contributed by atoms with Gasteiger partial charge in [-0.3, -0.25) is 4.90 Å². The molecule has 1 heterocycles. The van der Waals surface area contributed by atoms with Gasteiger partial charge in [-0.2, -0.15) is 0 Å². The molecule has 0 amide bonds.